The van der Waals surface area contributed by atoms with Crippen molar-refractivity contribution in [2.75, 3.05) is 19.6 Å². The maximum Gasteiger partial charge on any atom is 0.241 e. The summed E-state index contributed by atoms with van der Waals surface area (Å²) in [6.45, 7) is 1.36. The summed E-state index contributed by atoms with van der Waals surface area (Å²) in [4.78, 5) is 12.7. The fourth-order valence-electron chi connectivity index (χ4n) is 3.80. The van der Waals surface area contributed by atoms with Gasteiger partial charge in [0, 0.05) is 25.6 Å². The molecule has 150 valence electrons. The second-order valence-electron chi connectivity index (χ2n) is 7.40. The number of rotatable bonds is 6. The highest BCUT2D eigenvalue weighted by Crippen LogP contribution is 2.30. The zero-order valence-corrected chi connectivity index (χ0v) is 15.9. The van der Waals surface area contributed by atoms with Crippen molar-refractivity contribution in [1.29, 1.82) is 0 Å². The molecule has 7 nitrogen and oxygen atoms in total. The lowest BCUT2D eigenvalue weighted by molar-refractivity contribution is -0.128. The molecule has 1 aliphatic carbocycles. The molecule has 9 heteroatoms. The fourth-order valence-corrected chi connectivity index (χ4v) is 5.26. The lowest BCUT2D eigenvalue weighted by atomic mass is 9.81. The Hall–Kier alpha value is -1.55. The largest absolute Gasteiger partial charge is 0.391 e. The Morgan fingerprint density at radius 1 is 1.26 bits per heavy atom. The molecule has 2 atom stereocenters. The van der Waals surface area contributed by atoms with E-state index in [4.69, 9.17) is 0 Å². The first-order valence-electron chi connectivity index (χ1n) is 9.29. The van der Waals surface area contributed by atoms with Crippen LogP contribution in [0.15, 0.2) is 29.2 Å². The minimum atomic E-state index is -4.05. The van der Waals surface area contributed by atoms with E-state index in [0.29, 0.717) is 25.9 Å². The van der Waals surface area contributed by atoms with Crippen LogP contribution in [-0.4, -0.2) is 50.7 Å². The number of sulfonamides is 1. The SMILES string of the molecule is O=C(NCC1CNCC1O)C1(NS(=O)(=O)c2cccc(F)c2)CCCCC1. The van der Waals surface area contributed by atoms with Gasteiger partial charge in [-0.2, -0.15) is 4.72 Å². The lowest BCUT2D eigenvalue weighted by Crippen LogP contribution is -2.60. The molecule has 0 bridgehead atoms. The van der Waals surface area contributed by atoms with E-state index in [1.165, 1.54) is 18.2 Å². The van der Waals surface area contributed by atoms with Gasteiger partial charge in [-0.3, -0.25) is 4.79 Å². The van der Waals surface area contributed by atoms with Crippen LogP contribution < -0.4 is 15.4 Å². The van der Waals surface area contributed by atoms with Crippen LogP contribution in [0.25, 0.3) is 0 Å². The fraction of sp³-hybridized carbons (Fsp3) is 0.611. The molecule has 2 aliphatic rings. The Morgan fingerprint density at radius 2 is 2.00 bits per heavy atom. The molecule has 1 saturated carbocycles. The maximum atomic E-state index is 13.5. The molecule has 2 unspecified atom stereocenters. The van der Waals surface area contributed by atoms with Crippen LogP contribution in [-0.2, 0) is 14.8 Å². The Kier molecular flexibility index (Phi) is 6.15. The van der Waals surface area contributed by atoms with Gasteiger partial charge in [-0.15, -0.1) is 0 Å². The van der Waals surface area contributed by atoms with Gasteiger partial charge in [0.1, 0.15) is 11.4 Å². The van der Waals surface area contributed by atoms with Crippen LogP contribution in [0.5, 0.6) is 0 Å². The van der Waals surface area contributed by atoms with E-state index in [1.54, 1.807) is 0 Å². The van der Waals surface area contributed by atoms with E-state index in [1.807, 2.05) is 0 Å². The van der Waals surface area contributed by atoms with E-state index in [-0.39, 0.29) is 23.3 Å². The topological polar surface area (TPSA) is 108 Å². The normalized spacial score (nSPS) is 25.3. The van der Waals surface area contributed by atoms with Crippen LogP contribution >= 0.6 is 0 Å². The number of aliphatic hydroxyl groups excluding tert-OH is 1. The first-order valence-corrected chi connectivity index (χ1v) is 10.8. The number of benzene rings is 1. The van der Waals surface area contributed by atoms with Gasteiger partial charge in [0.2, 0.25) is 15.9 Å². The summed E-state index contributed by atoms with van der Waals surface area (Å²) in [6.07, 6.45) is 2.63. The summed E-state index contributed by atoms with van der Waals surface area (Å²) in [7, 11) is -4.05. The van der Waals surface area contributed by atoms with Crippen molar-refractivity contribution < 1.29 is 22.7 Å². The number of carbonyl (C=O) groups is 1. The molecule has 1 aromatic carbocycles. The van der Waals surface area contributed by atoms with Gasteiger partial charge >= 0.3 is 0 Å². The molecule has 27 heavy (non-hydrogen) atoms. The molecule has 4 N–H and O–H groups in total. The summed E-state index contributed by atoms with van der Waals surface area (Å²) in [6, 6.07) is 4.74. The average molecular weight is 399 g/mol. The number of hydrogen-bond acceptors (Lipinski definition) is 5. The van der Waals surface area contributed by atoms with E-state index >= 15 is 0 Å². The van der Waals surface area contributed by atoms with Crippen LogP contribution in [0.4, 0.5) is 4.39 Å². The monoisotopic (exact) mass is 399 g/mol. The van der Waals surface area contributed by atoms with Gasteiger partial charge in [0.15, 0.2) is 0 Å². The predicted octanol–water partition coefficient (Wildman–Crippen LogP) is 0.503. The highest BCUT2D eigenvalue weighted by atomic mass is 32.2. The molecule has 1 aliphatic heterocycles. The van der Waals surface area contributed by atoms with E-state index < -0.39 is 27.5 Å². The Morgan fingerprint density at radius 3 is 2.63 bits per heavy atom. The van der Waals surface area contributed by atoms with Crippen LogP contribution in [0.1, 0.15) is 32.1 Å². The Balaban J connectivity index is 1.76. The third-order valence-corrected chi connectivity index (χ3v) is 6.94. The molecule has 3 rings (SSSR count). The summed E-state index contributed by atoms with van der Waals surface area (Å²) in [5, 5.41) is 15.7. The van der Waals surface area contributed by atoms with Gasteiger partial charge in [0.25, 0.3) is 0 Å². The van der Waals surface area contributed by atoms with Crippen LogP contribution in [0.2, 0.25) is 0 Å². The second-order valence-corrected chi connectivity index (χ2v) is 9.08. The molecule has 1 aromatic rings. The molecular formula is C18H26FN3O4S. The molecule has 0 radical (unpaired) electrons. The number of hydrogen-bond donors (Lipinski definition) is 4. The van der Waals surface area contributed by atoms with E-state index in [9.17, 15) is 22.7 Å². The number of aliphatic hydroxyl groups is 1. The minimum Gasteiger partial charge on any atom is -0.391 e. The average Bonchev–Trinajstić information content (AvgIpc) is 3.05. The van der Waals surface area contributed by atoms with Crippen molar-refractivity contribution in [3.05, 3.63) is 30.1 Å². The smallest absolute Gasteiger partial charge is 0.241 e. The van der Waals surface area contributed by atoms with Crippen molar-refractivity contribution in [1.82, 2.24) is 15.4 Å². The van der Waals surface area contributed by atoms with Gasteiger partial charge in [-0.1, -0.05) is 25.3 Å². The first kappa shape index (κ1) is 20.2. The number of nitrogens with one attached hydrogen (secondary N) is 3. The third kappa shape index (κ3) is 4.66. The zero-order chi connectivity index (χ0) is 19.5. The highest BCUT2D eigenvalue weighted by Gasteiger charge is 2.43. The van der Waals surface area contributed by atoms with Crippen molar-refractivity contribution in [3.63, 3.8) is 0 Å². The van der Waals surface area contributed by atoms with Crippen molar-refractivity contribution in [2.45, 2.75) is 48.6 Å². The number of carbonyl (C=O) groups excluding carboxylic acids is 1. The Bertz CT molecular complexity index is 781. The number of halogens is 1. The molecule has 0 aromatic heterocycles. The zero-order valence-electron chi connectivity index (χ0n) is 15.1. The summed E-state index contributed by atoms with van der Waals surface area (Å²) >= 11 is 0. The number of β-amino-alcohol motifs (C(OH)–C–C–N with tert-alkyl or cyclic N) is 1. The standard InChI is InChI=1S/C18H26FN3O4S/c19-14-5-4-6-15(9-14)27(25,26)22-18(7-2-1-3-8-18)17(24)21-11-13-10-20-12-16(13)23/h4-6,9,13,16,20,22-23H,1-3,7-8,10-12H2,(H,21,24). The number of amides is 1. The van der Waals surface area contributed by atoms with E-state index in [0.717, 1.165) is 25.3 Å². The first-order chi connectivity index (χ1) is 12.8. The van der Waals surface area contributed by atoms with Gasteiger partial charge in [-0.25, -0.2) is 12.8 Å². The molecule has 1 heterocycles. The van der Waals surface area contributed by atoms with Gasteiger partial charge in [0.05, 0.1) is 11.0 Å². The van der Waals surface area contributed by atoms with Crippen molar-refractivity contribution in [3.8, 4) is 0 Å². The summed E-state index contributed by atoms with van der Waals surface area (Å²) in [5.74, 6) is -1.14. The van der Waals surface area contributed by atoms with Gasteiger partial charge in [-0.05, 0) is 31.0 Å². The van der Waals surface area contributed by atoms with Crippen molar-refractivity contribution >= 4 is 15.9 Å². The van der Waals surface area contributed by atoms with Crippen LogP contribution in [0.3, 0.4) is 0 Å². The van der Waals surface area contributed by atoms with E-state index in [2.05, 4.69) is 15.4 Å². The summed E-state index contributed by atoms with van der Waals surface area (Å²) < 4.78 is 41.5. The second kappa shape index (κ2) is 8.22. The predicted molar refractivity (Wildman–Crippen MR) is 97.9 cm³/mol. The minimum absolute atomic E-state index is 0.102. The molecule has 1 amide bonds. The maximum absolute atomic E-state index is 13.5. The molecular weight excluding hydrogens is 373 g/mol. The van der Waals surface area contributed by atoms with Crippen molar-refractivity contribution in [2.24, 2.45) is 5.92 Å². The summed E-state index contributed by atoms with van der Waals surface area (Å²) in [5.41, 5.74) is -1.25. The van der Waals surface area contributed by atoms with Crippen LogP contribution in [0, 0.1) is 11.7 Å². The highest BCUT2D eigenvalue weighted by molar-refractivity contribution is 7.89. The third-order valence-electron chi connectivity index (χ3n) is 5.41. The molecule has 1 saturated heterocycles. The quantitative estimate of drug-likeness (QED) is 0.557. The van der Waals surface area contributed by atoms with Gasteiger partial charge < -0.3 is 15.7 Å². The lowest BCUT2D eigenvalue weighted by Gasteiger charge is -2.36. The molecule has 2 fully saturated rings. The molecule has 0 spiro atoms. The Labute approximate surface area is 158 Å².